The van der Waals surface area contributed by atoms with Crippen molar-refractivity contribution in [3.05, 3.63) is 30.5 Å². The van der Waals surface area contributed by atoms with Gasteiger partial charge >= 0.3 is 0 Å². The van der Waals surface area contributed by atoms with Crippen molar-refractivity contribution < 1.29 is 0 Å². The molecule has 2 atom stereocenters. The monoisotopic (exact) mass is 216 g/mol. The first-order valence-electron chi connectivity index (χ1n) is 5.63. The van der Waals surface area contributed by atoms with Crippen molar-refractivity contribution >= 4 is 5.65 Å². The molecule has 2 aromatic rings. The lowest BCUT2D eigenvalue weighted by Crippen LogP contribution is -2.05. The van der Waals surface area contributed by atoms with Crippen LogP contribution in [0.25, 0.3) is 5.65 Å². The first-order valence-corrected chi connectivity index (χ1v) is 5.63. The smallest absolute Gasteiger partial charge is 0.155 e. The number of hydrogen-bond acceptors (Lipinski definition) is 3. The van der Waals surface area contributed by atoms with Crippen LogP contribution in [0.2, 0.25) is 0 Å². The molecule has 2 heterocycles. The second-order valence-electron chi connectivity index (χ2n) is 5.13. The molecule has 0 bridgehead atoms. The molecular formula is C12H16N4. The fourth-order valence-corrected chi connectivity index (χ4v) is 2.86. The first-order chi connectivity index (χ1) is 7.66. The molecule has 4 heteroatoms. The Morgan fingerprint density at radius 2 is 2.25 bits per heavy atom. The normalized spacial score (nSPS) is 27.2. The molecule has 4 nitrogen and oxygen atoms in total. The van der Waals surface area contributed by atoms with E-state index < -0.39 is 0 Å². The molecule has 0 radical (unpaired) electrons. The van der Waals surface area contributed by atoms with Gasteiger partial charge < -0.3 is 10.1 Å². The van der Waals surface area contributed by atoms with E-state index in [0.717, 1.165) is 12.2 Å². The van der Waals surface area contributed by atoms with Gasteiger partial charge in [0.1, 0.15) is 0 Å². The van der Waals surface area contributed by atoms with E-state index in [4.69, 9.17) is 5.73 Å². The average molecular weight is 216 g/mol. The molecule has 0 aromatic carbocycles. The molecule has 0 aliphatic heterocycles. The second-order valence-corrected chi connectivity index (χ2v) is 5.13. The van der Waals surface area contributed by atoms with E-state index in [1.807, 2.05) is 12.4 Å². The Morgan fingerprint density at radius 3 is 2.94 bits per heavy atom. The van der Waals surface area contributed by atoms with Gasteiger partial charge in [-0.25, -0.2) is 4.98 Å². The summed E-state index contributed by atoms with van der Waals surface area (Å²) < 4.78 is 2.12. The van der Waals surface area contributed by atoms with Crippen molar-refractivity contribution in [3.8, 4) is 0 Å². The Morgan fingerprint density at radius 1 is 1.44 bits per heavy atom. The molecule has 0 spiro atoms. The van der Waals surface area contributed by atoms with Gasteiger partial charge in [-0.3, -0.25) is 4.98 Å². The summed E-state index contributed by atoms with van der Waals surface area (Å²) in [7, 11) is 0. The number of nitrogens with zero attached hydrogens (tertiary/aromatic N) is 3. The van der Waals surface area contributed by atoms with Crippen molar-refractivity contribution in [1.82, 2.24) is 14.4 Å². The number of aromatic nitrogens is 3. The zero-order valence-corrected chi connectivity index (χ0v) is 9.59. The van der Waals surface area contributed by atoms with E-state index in [-0.39, 0.29) is 0 Å². The maximum absolute atomic E-state index is 5.81. The van der Waals surface area contributed by atoms with Crippen LogP contribution in [-0.2, 0) is 0 Å². The summed E-state index contributed by atoms with van der Waals surface area (Å²) in [6.07, 6.45) is 7.51. The molecule has 1 aliphatic carbocycles. The van der Waals surface area contributed by atoms with E-state index >= 15 is 0 Å². The van der Waals surface area contributed by atoms with Crippen LogP contribution in [0.3, 0.4) is 0 Å². The van der Waals surface area contributed by atoms with Gasteiger partial charge in [0, 0.05) is 30.2 Å². The van der Waals surface area contributed by atoms with Crippen molar-refractivity contribution in [3.63, 3.8) is 0 Å². The topological polar surface area (TPSA) is 56.2 Å². The quantitative estimate of drug-likeness (QED) is 0.826. The van der Waals surface area contributed by atoms with E-state index in [9.17, 15) is 0 Å². The Balaban J connectivity index is 2.08. The molecule has 16 heavy (non-hydrogen) atoms. The third kappa shape index (κ3) is 1.13. The average Bonchev–Trinajstić information content (AvgIpc) is 2.66. The lowest BCUT2D eigenvalue weighted by Gasteiger charge is -2.02. The van der Waals surface area contributed by atoms with E-state index in [1.165, 1.54) is 5.69 Å². The summed E-state index contributed by atoms with van der Waals surface area (Å²) in [6, 6.07) is 0. The summed E-state index contributed by atoms with van der Waals surface area (Å²) in [5.74, 6) is 1.09. The molecule has 84 valence electrons. The molecule has 2 N–H and O–H groups in total. The minimum atomic E-state index is 0.300. The third-order valence-corrected chi connectivity index (χ3v) is 3.97. The highest BCUT2D eigenvalue weighted by molar-refractivity contribution is 5.40. The van der Waals surface area contributed by atoms with E-state index in [0.29, 0.717) is 17.3 Å². The van der Waals surface area contributed by atoms with Crippen LogP contribution >= 0.6 is 0 Å². The molecule has 1 fully saturated rings. The van der Waals surface area contributed by atoms with Gasteiger partial charge in [-0.05, 0) is 17.9 Å². The number of fused-ring (bicyclic) bond motifs is 1. The van der Waals surface area contributed by atoms with Gasteiger partial charge in [0.05, 0.1) is 6.20 Å². The molecule has 0 saturated heterocycles. The van der Waals surface area contributed by atoms with Crippen molar-refractivity contribution in [2.75, 3.05) is 6.54 Å². The van der Waals surface area contributed by atoms with Crippen LogP contribution in [0.4, 0.5) is 0 Å². The molecule has 0 amide bonds. The Labute approximate surface area is 94.5 Å². The highest BCUT2D eigenvalue weighted by Gasteiger charge is 2.58. The van der Waals surface area contributed by atoms with Gasteiger partial charge in [0.15, 0.2) is 5.65 Å². The van der Waals surface area contributed by atoms with Crippen LogP contribution < -0.4 is 5.73 Å². The fraction of sp³-hybridized carbons (Fsp3) is 0.500. The Hall–Kier alpha value is -1.42. The van der Waals surface area contributed by atoms with Crippen molar-refractivity contribution in [2.45, 2.75) is 19.8 Å². The summed E-state index contributed by atoms with van der Waals surface area (Å²) in [5, 5.41) is 0. The maximum Gasteiger partial charge on any atom is 0.155 e. The number of nitrogens with two attached hydrogens (primary N) is 1. The van der Waals surface area contributed by atoms with Crippen LogP contribution in [0.5, 0.6) is 0 Å². The minimum Gasteiger partial charge on any atom is -0.330 e. The molecule has 2 aromatic heterocycles. The van der Waals surface area contributed by atoms with E-state index in [2.05, 4.69) is 28.2 Å². The van der Waals surface area contributed by atoms with E-state index in [1.54, 1.807) is 12.4 Å². The summed E-state index contributed by atoms with van der Waals surface area (Å²) in [4.78, 5) is 8.45. The van der Waals surface area contributed by atoms with Crippen molar-refractivity contribution in [2.24, 2.45) is 17.1 Å². The SMILES string of the molecule is CC1(C)[C@H](CN)[C@H]1c1cnc2cnccn12. The predicted molar refractivity (Wildman–Crippen MR) is 62.1 cm³/mol. The van der Waals surface area contributed by atoms with Gasteiger partial charge in [-0.15, -0.1) is 0 Å². The predicted octanol–water partition coefficient (Wildman–Crippen LogP) is 1.43. The summed E-state index contributed by atoms with van der Waals surface area (Å²) >= 11 is 0. The highest BCUT2D eigenvalue weighted by Crippen LogP contribution is 2.63. The summed E-state index contributed by atoms with van der Waals surface area (Å²) in [6.45, 7) is 5.29. The zero-order chi connectivity index (χ0) is 11.3. The number of hydrogen-bond donors (Lipinski definition) is 1. The lowest BCUT2D eigenvalue weighted by molar-refractivity contribution is 0.557. The third-order valence-electron chi connectivity index (χ3n) is 3.97. The van der Waals surface area contributed by atoms with Crippen LogP contribution in [0.15, 0.2) is 24.8 Å². The van der Waals surface area contributed by atoms with Crippen LogP contribution in [0, 0.1) is 11.3 Å². The molecule has 1 saturated carbocycles. The van der Waals surface area contributed by atoms with Gasteiger partial charge in [-0.1, -0.05) is 13.8 Å². The fourth-order valence-electron chi connectivity index (χ4n) is 2.86. The van der Waals surface area contributed by atoms with Gasteiger partial charge in [-0.2, -0.15) is 0 Å². The van der Waals surface area contributed by atoms with Gasteiger partial charge in [0.25, 0.3) is 0 Å². The van der Waals surface area contributed by atoms with Crippen LogP contribution in [0.1, 0.15) is 25.5 Å². The molecule has 1 aliphatic rings. The minimum absolute atomic E-state index is 0.300. The Kier molecular flexibility index (Phi) is 1.86. The zero-order valence-electron chi connectivity index (χ0n) is 9.59. The Bertz CT molecular complexity index is 529. The maximum atomic E-state index is 5.81. The second kappa shape index (κ2) is 3.04. The number of imidazole rings is 1. The van der Waals surface area contributed by atoms with Crippen molar-refractivity contribution in [1.29, 1.82) is 0 Å². The van der Waals surface area contributed by atoms with Crippen LogP contribution in [-0.4, -0.2) is 20.9 Å². The lowest BCUT2D eigenvalue weighted by atomic mass is 10.1. The molecule has 0 unspecified atom stereocenters. The molecular weight excluding hydrogens is 200 g/mol. The highest BCUT2D eigenvalue weighted by atomic mass is 15.0. The standard InChI is InChI=1S/C12H16N4/c1-12(2)8(5-13)11(12)9-6-15-10-7-14-3-4-16(9)10/h3-4,6-8,11H,5,13H2,1-2H3/t8-,11+/m1/s1. The van der Waals surface area contributed by atoms with Gasteiger partial charge in [0.2, 0.25) is 0 Å². The largest absolute Gasteiger partial charge is 0.330 e. The number of rotatable bonds is 2. The summed E-state index contributed by atoms with van der Waals surface area (Å²) in [5.41, 5.74) is 8.28. The molecule has 3 rings (SSSR count). The first kappa shape index (κ1) is 9.78.